The van der Waals surface area contributed by atoms with Gasteiger partial charge in [-0.15, -0.1) is 23.1 Å². The van der Waals surface area contributed by atoms with E-state index in [0.717, 1.165) is 17.0 Å². The molecule has 1 N–H and O–H groups in total. The van der Waals surface area contributed by atoms with E-state index in [9.17, 15) is 10.1 Å². The summed E-state index contributed by atoms with van der Waals surface area (Å²) in [4.78, 5) is 21.3. The van der Waals surface area contributed by atoms with Gasteiger partial charge in [0.25, 0.3) is 0 Å². The highest BCUT2D eigenvalue weighted by Crippen LogP contribution is 2.26. The summed E-state index contributed by atoms with van der Waals surface area (Å²) < 4.78 is 0. The molecule has 0 aliphatic rings. The number of anilines is 1. The van der Waals surface area contributed by atoms with Crippen LogP contribution >= 0.6 is 23.1 Å². The van der Waals surface area contributed by atoms with Crippen molar-refractivity contribution in [1.29, 1.82) is 5.26 Å². The minimum absolute atomic E-state index is 0.0965. The maximum absolute atomic E-state index is 12.3. The zero-order valence-corrected chi connectivity index (χ0v) is 18.2. The van der Waals surface area contributed by atoms with Gasteiger partial charge >= 0.3 is 0 Å². The van der Waals surface area contributed by atoms with Gasteiger partial charge in [0.05, 0.1) is 11.3 Å². The van der Waals surface area contributed by atoms with Crippen LogP contribution in [0.3, 0.4) is 0 Å². The van der Waals surface area contributed by atoms with Crippen LogP contribution in [0.5, 0.6) is 0 Å². The van der Waals surface area contributed by atoms with E-state index in [2.05, 4.69) is 35.2 Å². The van der Waals surface area contributed by atoms with Crippen LogP contribution in [0.2, 0.25) is 0 Å². The van der Waals surface area contributed by atoms with Crippen molar-refractivity contribution in [2.45, 2.75) is 38.1 Å². The van der Waals surface area contributed by atoms with E-state index >= 15 is 0 Å². The first kappa shape index (κ1) is 21.0. The summed E-state index contributed by atoms with van der Waals surface area (Å²) in [6, 6.07) is 14.0. The maximum atomic E-state index is 12.3. The second-order valence-corrected chi connectivity index (χ2v) is 8.85. The number of hydrogen-bond donors (Lipinski definition) is 1. The molecule has 0 bridgehead atoms. The number of benzene rings is 1. The molecule has 0 saturated carbocycles. The lowest BCUT2D eigenvalue weighted by atomic mass is 10.1. The van der Waals surface area contributed by atoms with Crippen LogP contribution in [-0.4, -0.2) is 21.6 Å². The van der Waals surface area contributed by atoms with Crippen LogP contribution in [0, 0.1) is 18.3 Å². The number of aryl methyl sites for hydroxylation is 1. The number of hydrogen-bond acceptors (Lipinski definition) is 6. The van der Waals surface area contributed by atoms with Crippen molar-refractivity contribution in [3.63, 3.8) is 0 Å². The van der Waals surface area contributed by atoms with E-state index in [1.165, 1.54) is 28.7 Å². The number of aromatic nitrogens is 2. The summed E-state index contributed by atoms with van der Waals surface area (Å²) in [6.07, 6.45) is 0.322. The Morgan fingerprint density at radius 2 is 1.97 bits per heavy atom. The zero-order valence-electron chi connectivity index (χ0n) is 16.6. The quantitative estimate of drug-likeness (QED) is 0.499. The highest BCUT2D eigenvalue weighted by atomic mass is 32.2. The van der Waals surface area contributed by atoms with Gasteiger partial charge < -0.3 is 5.32 Å². The fourth-order valence-electron chi connectivity index (χ4n) is 2.58. The predicted molar refractivity (Wildman–Crippen MR) is 119 cm³/mol. The van der Waals surface area contributed by atoms with Crippen molar-refractivity contribution in [2.75, 3.05) is 11.1 Å². The van der Waals surface area contributed by atoms with E-state index in [1.54, 1.807) is 6.07 Å². The molecule has 7 heteroatoms. The molecule has 0 aliphatic carbocycles. The van der Waals surface area contributed by atoms with Crippen LogP contribution in [-0.2, 0) is 4.79 Å². The molecule has 1 aromatic carbocycles. The van der Waals surface area contributed by atoms with Crippen LogP contribution in [0.4, 0.5) is 5.13 Å². The Labute approximate surface area is 179 Å². The molecule has 3 aromatic rings. The van der Waals surface area contributed by atoms with Crippen LogP contribution in [0.25, 0.3) is 11.3 Å². The van der Waals surface area contributed by atoms with Crippen molar-refractivity contribution in [2.24, 2.45) is 0 Å². The van der Waals surface area contributed by atoms with E-state index in [-0.39, 0.29) is 11.8 Å². The third-order valence-corrected chi connectivity index (χ3v) is 6.01. The lowest BCUT2D eigenvalue weighted by Gasteiger charge is -2.08. The standard InChI is InChI=1S/C22H22N4OS2/c1-14(2)18-9-8-17(12-23)21(24-18)28-11-10-20(27)26-22-25-19(13-29-22)16-6-4-15(3)5-7-16/h4-9,13-14H,10-11H2,1-3H3,(H,25,26,27). The fourth-order valence-corrected chi connectivity index (χ4v) is 4.24. The van der Waals surface area contributed by atoms with Crippen molar-refractivity contribution in [1.82, 2.24) is 9.97 Å². The molecule has 1 amide bonds. The Kier molecular flexibility index (Phi) is 7.02. The second-order valence-electron chi connectivity index (χ2n) is 6.91. The molecule has 0 unspecified atom stereocenters. The Morgan fingerprint density at radius 1 is 1.21 bits per heavy atom. The van der Waals surface area contributed by atoms with Gasteiger partial charge in [-0.2, -0.15) is 5.26 Å². The lowest BCUT2D eigenvalue weighted by Crippen LogP contribution is -2.12. The third-order valence-electron chi connectivity index (χ3n) is 4.26. The maximum Gasteiger partial charge on any atom is 0.226 e. The first-order valence-corrected chi connectivity index (χ1v) is 11.2. The predicted octanol–water partition coefficient (Wildman–Crippen LogP) is 5.63. The smallest absolute Gasteiger partial charge is 0.226 e. The first-order chi connectivity index (χ1) is 14.0. The first-order valence-electron chi connectivity index (χ1n) is 9.32. The number of nitrogens with one attached hydrogen (secondary N) is 1. The summed E-state index contributed by atoms with van der Waals surface area (Å²) in [6.45, 7) is 6.17. The van der Waals surface area contributed by atoms with Gasteiger partial charge in [-0.25, -0.2) is 9.97 Å². The number of nitrogens with zero attached hydrogens (tertiary/aromatic N) is 3. The molecule has 0 aliphatic heterocycles. The minimum Gasteiger partial charge on any atom is -0.302 e. The molecule has 148 valence electrons. The van der Waals surface area contributed by atoms with Crippen molar-refractivity contribution < 1.29 is 4.79 Å². The molecular weight excluding hydrogens is 400 g/mol. The molecule has 0 fully saturated rings. The number of amides is 1. The van der Waals surface area contributed by atoms with E-state index < -0.39 is 0 Å². The Bertz CT molecular complexity index is 1040. The summed E-state index contributed by atoms with van der Waals surface area (Å²) in [5, 5.41) is 15.3. The number of thioether (sulfide) groups is 1. The van der Waals surface area contributed by atoms with E-state index in [0.29, 0.717) is 27.9 Å². The Balaban J connectivity index is 1.55. The summed E-state index contributed by atoms with van der Waals surface area (Å²) >= 11 is 2.85. The van der Waals surface area contributed by atoms with Crippen LogP contribution in [0.1, 0.15) is 43.0 Å². The van der Waals surface area contributed by atoms with Crippen LogP contribution < -0.4 is 5.32 Å². The van der Waals surface area contributed by atoms with Gasteiger partial charge in [0.2, 0.25) is 5.91 Å². The third kappa shape index (κ3) is 5.66. The van der Waals surface area contributed by atoms with Gasteiger partial charge in [0.15, 0.2) is 5.13 Å². The number of carbonyl (C=O) groups excluding carboxylic acids is 1. The average Bonchev–Trinajstić information content (AvgIpc) is 3.16. The molecule has 2 aromatic heterocycles. The summed E-state index contributed by atoms with van der Waals surface area (Å²) in [5.74, 6) is 0.740. The SMILES string of the molecule is Cc1ccc(-c2csc(NC(=O)CCSc3nc(C(C)C)ccc3C#N)n2)cc1. The Hall–Kier alpha value is -2.69. The molecule has 0 atom stereocenters. The Morgan fingerprint density at radius 3 is 2.66 bits per heavy atom. The average molecular weight is 423 g/mol. The van der Waals surface area contributed by atoms with Gasteiger partial charge in [-0.1, -0.05) is 43.7 Å². The molecule has 2 heterocycles. The topological polar surface area (TPSA) is 78.7 Å². The molecule has 29 heavy (non-hydrogen) atoms. The highest BCUT2D eigenvalue weighted by molar-refractivity contribution is 7.99. The number of thiazole rings is 1. The summed E-state index contributed by atoms with van der Waals surface area (Å²) in [5.41, 5.74) is 4.57. The highest BCUT2D eigenvalue weighted by Gasteiger charge is 2.11. The van der Waals surface area contributed by atoms with E-state index in [4.69, 9.17) is 0 Å². The van der Waals surface area contributed by atoms with Crippen molar-refractivity contribution in [3.05, 3.63) is 58.6 Å². The lowest BCUT2D eigenvalue weighted by molar-refractivity contribution is -0.115. The van der Waals surface area contributed by atoms with Gasteiger partial charge in [0, 0.05) is 28.8 Å². The van der Waals surface area contributed by atoms with E-state index in [1.807, 2.05) is 42.6 Å². The zero-order chi connectivity index (χ0) is 20.8. The normalized spacial score (nSPS) is 10.7. The van der Waals surface area contributed by atoms with Crippen molar-refractivity contribution >= 4 is 34.1 Å². The molecule has 0 spiro atoms. The number of carbonyl (C=O) groups is 1. The van der Waals surface area contributed by atoms with Crippen molar-refractivity contribution in [3.8, 4) is 17.3 Å². The molecular formula is C22H22N4OS2. The number of rotatable bonds is 7. The molecule has 3 rings (SSSR count). The fraction of sp³-hybridized carbons (Fsp3) is 0.273. The number of nitriles is 1. The molecule has 0 radical (unpaired) electrons. The van der Waals surface area contributed by atoms with Crippen LogP contribution in [0.15, 0.2) is 46.8 Å². The molecule has 0 saturated heterocycles. The molecule has 5 nitrogen and oxygen atoms in total. The second kappa shape index (κ2) is 9.68. The van der Waals surface area contributed by atoms with Gasteiger partial charge in [-0.05, 0) is 25.0 Å². The largest absolute Gasteiger partial charge is 0.302 e. The van der Waals surface area contributed by atoms with Gasteiger partial charge in [0.1, 0.15) is 11.1 Å². The number of pyridine rings is 1. The minimum atomic E-state index is -0.0965. The summed E-state index contributed by atoms with van der Waals surface area (Å²) in [7, 11) is 0. The van der Waals surface area contributed by atoms with Gasteiger partial charge in [-0.3, -0.25) is 4.79 Å². The monoisotopic (exact) mass is 422 g/mol.